The summed E-state index contributed by atoms with van der Waals surface area (Å²) >= 11 is 5.38. The quantitative estimate of drug-likeness (QED) is 0.727. The Morgan fingerprint density at radius 1 is 1.40 bits per heavy atom. The van der Waals surface area contributed by atoms with E-state index < -0.39 is 0 Å². The summed E-state index contributed by atoms with van der Waals surface area (Å²) in [4.78, 5) is 23.9. The fraction of sp³-hybridized carbons (Fsp3) is 0.800. The molecule has 1 fully saturated rings. The normalized spacial score (nSPS) is 16.4. The second kappa shape index (κ2) is 5.95. The van der Waals surface area contributed by atoms with Crippen molar-refractivity contribution >= 4 is 23.4 Å². The molecule has 0 heterocycles. The molecule has 1 N–H and O–H groups in total. The van der Waals surface area contributed by atoms with E-state index in [1.165, 1.54) is 17.7 Å². The maximum atomic E-state index is 11.5. The van der Waals surface area contributed by atoms with Crippen LogP contribution in [0.3, 0.4) is 0 Å². The van der Waals surface area contributed by atoms with Crippen LogP contribution in [-0.4, -0.2) is 42.2 Å². The summed E-state index contributed by atoms with van der Waals surface area (Å²) in [6.07, 6.45) is 4.47. The minimum Gasteiger partial charge on any atom is -0.352 e. The first-order valence-corrected chi connectivity index (χ1v) is 5.76. The number of rotatable bonds is 4. The van der Waals surface area contributed by atoms with Gasteiger partial charge < -0.3 is 10.2 Å². The molecule has 0 spiro atoms. The molecule has 2 amide bonds. The molecule has 0 unspecified atom stereocenters. The molecule has 1 saturated carbocycles. The summed E-state index contributed by atoms with van der Waals surface area (Å²) < 4.78 is 0. The average Bonchev–Trinajstić information content (AvgIpc) is 2.68. The molecule has 1 aliphatic rings. The third-order valence-electron chi connectivity index (χ3n) is 2.64. The van der Waals surface area contributed by atoms with Crippen molar-refractivity contribution in [3.05, 3.63) is 0 Å². The standard InChI is InChI=1S/C10H17ClN2O2/c1-13(10(15)6-11)7-9(14)12-8-4-2-3-5-8/h8H,2-7H2,1H3,(H,12,14). The number of nitrogens with one attached hydrogen (secondary N) is 1. The Morgan fingerprint density at radius 3 is 2.53 bits per heavy atom. The van der Waals surface area contributed by atoms with Gasteiger partial charge in [-0.1, -0.05) is 12.8 Å². The smallest absolute Gasteiger partial charge is 0.239 e. The van der Waals surface area contributed by atoms with Gasteiger partial charge in [0.05, 0.1) is 6.54 Å². The molecule has 1 aliphatic carbocycles. The summed E-state index contributed by atoms with van der Waals surface area (Å²) in [6, 6.07) is 0.303. The zero-order chi connectivity index (χ0) is 11.3. The monoisotopic (exact) mass is 232 g/mol. The van der Waals surface area contributed by atoms with Gasteiger partial charge in [-0.15, -0.1) is 11.6 Å². The van der Waals surface area contributed by atoms with Crippen molar-refractivity contribution in [3.63, 3.8) is 0 Å². The highest BCUT2D eigenvalue weighted by atomic mass is 35.5. The molecule has 1 rings (SSSR count). The molecule has 0 radical (unpaired) electrons. The highest BCUT2D eigenvalue weighted by Crippen LogP contribution is 2.17. The first-order chi connectivity index (χ1) is 7.13. The van der Waals surface area contributed by atoms with Crippen LogP contribution < -0.4 is 5.32 Å². The predicted molar refractivity (Wildman–Crippen MR) is 58.8 cm³/mol. The molecular formula is C10H17ClN2O2. The van der Waals surface area contributed by atoms with Crippen molar-refractivity contribution in [1.29, 1.82) is 0 Å². The third-order valence-corrected chi connectivity index (χ3v) is 2.87. The van der Waals surface area contributed by atoms with E-state index in [1.807, 2.05) is 0 Å². The maximum absolute atomic E-state index is 11.5. The van der Waals surface area contributed by atoms with Crippen LogP contribution in [0.5, 0.6) is 0 Å². The molecule has 4 nitrogen and oxygen atoms in total. The summed E-state index contributed by atoms with van der Waals surface area (Å²) in [5, 5.41) is 2.91. The van der Waals surface area contributed by atoms with E-state index >= 15 is 0 Å². The Bertz CT molecular complexity index is 240. The van der Waals surface area contributed by atoms with Gasteiger partial charge in [-0.3, -0.25) is 9.59 Å². The van der Waals surface area contributed by atoms with E-state index in [4.69, 9.17) is 11.6 Å². The Morgan fingerprint density at radius 2 is 2.00 bits per heavy atom. The summed E-state index contributed by atoms with van der Waals surface area (Å²) in [7, 11) is 1.58. The molecule has 0 atom stereocenters. The number of hydrogen-bond acceptors (Lipinski definition) is 2. The first-order valence-electron chi connectivity index (χ1n) is 5.22. The van der Waals surface area contributed by atoms with Gasteiger partial charge in [-0.25, -0.2) is 0 Å². The molecular weight excluding hydrogens is 216 g/mol. The molecule has 86 valence electrons. The number of alkyl halides is 1. The van der Waals surface area contributed by atoms with E-state index in [0.29, 0.717) is 6.04 Å². The lowest BCUT2D eigenvalue weighted by Crippen LogP contribution is -2.42. The fourth-order valence-corrected chi connectivity index (χ4v) is 1.95. The van der Waals surface area contributed by atoms with Crippen molar-refractivity contribution in [1.82, 2.24) is 10.2 Å². The first kappa shape index (κ1) is 12.3. The zero-order valence-corrected chi connectivity index (χ0v) is 9.72. The Hall–Kier alpha value is -0.770. The highest BCUT2D eigenvalue weighted by Gasteiger charge is 2.18. The molecule has 15 heavy (non-hydrogen) atoms. The van der Waals surface area contributed by atoms with E-state index in [1.54, 1.807) is 7.05 Å². The van der Waals surface area contributed by atoms with Gasteiger partial charge in [0.1, 0.15) is 5.88 Å². The van der Waals surface area contributed by atoms with Crippen LogP contribution in [0.2, 0.25) is 0 Å². The van der Waals surface area contributed by atoms with Gasteiger partial charge in [0, 0.05) is 13.1 Å². The van der Waals surface area contributed by atoms with Crippen LogP contribution in [0.15, 0.2) is 0 Å². The van der Waals surface area contributed by atoms with Crippen LogP contribution in [-0.2, 0) is 9.59 Å². The minimum absolute atomic E-state index is 0.0762. The summed E-state index contributed by atoms with van der Waals surface area (Å²) in [6.45, 7) is 0.0993. The van der Waals surface area contributed by atoms with Crippen LogP contribution in [0.1, 0.15) is 25.7 Å². The number of carbonyl (C=O) groups excluding carboxylic acids is 2. The van der Waals surface area contributed by atoms with E-state index in [0.717, 1.165) is 12.8 Å². The molecule has 0 aromatic carbocycles. The lowest BCUT2D eigenvalue weighted by atomic mass is 10.2. The average molecular weight is 233 g/mol. The van der Waals surface area contributed by atoms with Gasteiger partial charge in [0.15, 0.2) is 0 Å². The highest BCUT2D eigenvalue weighted by molar-refractivity contribution is 6.27. The van der Waals surface area contributed by atoms with Crippen LogP contribution in [0.4, 0.5) is 0 Å². The second-order valence-corrected chi connectivity index (χ2v) is 4.20. The fourth-order valence-electron chi connectivity index (χ4n) is 1.75. The number of amides is 2. The topological polar surface area (TPSA) is 49.4 Å². The molecule has 0 aliphatic heterocycles. The van der Waals surface area contributed by atoms with Gasteiger partial charge in [0.2, 0.25) is 11.8 Å². The molecule has 0 bridgehead atoms. The van der Waals surface area contributed by atoms with Crippen molar-refractivity contribution < 1.29 is 9.59 Å². The molecule has 0 aromatic heterocycles. The van der Waals surface area contributed by atoms with Crippen molar-refractivity contribution in [2.24, 2.45) is 0 Å². The third kappa shape index (κ3) is 4.08. The van der Waals surface area contributed by atoms with E-state index in [9.17, 15) is 9.59 Å². The molecule has 0 aromatic rings. The molecule has 5 heteroatoms. The Kier molecular flexibility index (Phi) is 4.88. The van der Waals surface area contributed by atoms with Crippen LogP contribution in [0.25, 0.3) is 0 Å². The van der Waals surface area contributed by atoms with Crippen molar-refractivity contribution in [3.8, 4) is 0 Å². The number of halogens is 1. The zero-order valence-electron chi connectivity index (χ0n) is 8.96. The Labute approximate surface area is 95.0 Å². The summed E-state index contributed by atoms with van der Waals surface area (Å²) in [5.74, 6) is -0.395. The number of hydrogen-bond donors (Lipinski definition) is 1. The SMILES string of the molecule is CN(CC(=O)NC1CCCC1)C(=O)CCl. The largest absolute Gasteiger partial charge is 0.352 e. The van der Waals surface area contributed by atoms with Crippen molar-refractivity contribution in [2.75, 3.05) is 19.5 Å². The number of likely N-dealkylation sites (N-methyl/N-ethyl adjacent to an activating group) is 1. The second-order valence-electron chi connectivity index (χ2n) is 3.93. The van der Waals surface area contributed by atoms with Crippen LogP contribution in [0, 0.1) is 0 Å². The molecule has 0 saturated heterocycles. The van der Waals surface area contributed by atoms with E-state index in [-0.39, 0.29) is 24.2 Å². The van der Waals surface area contributed by atoms with Crippen molar-refractivity contribution in [2.45, 2.75) is 31.7 Å². The lowest BCUT2D eigenvalue weighted by Gasteiger charge is -2.17. The number of nitrogens with zero attached hydrogens (tertiary/aromatic N) is 1. The lowest BCUT2D eigenvalue weighted by molar-refractivity contribution is -0.133. The number of carbonyl (C=O) groups is 2. The van der Waals surface area contributed by atoms with Gasteiger partial charge in [0.25, 0.3) is 0 Å². The predicted octanol–water partition coefficient (Wildman–Crippen LogP) is 0.742. The Balaban J connectivity index is 2.25. The van der Waals surface area contributed by atoms with Gasteiger partial charge in [-0.05, 0) is 12.8 Å². The van der Waals surface area contributed by atoms with Crippen LogP contribution >= 0.6 is 11.6 Å². The van der Waals surface area contributed by atoms with Gasteiger partial charge >= 0.3 is 0 Å². The summed E-state index contributed by atoms with van der Waals surface area (Å²) in [5.41, 5.74) is 0. The van der Waals surface area contributed by atoms with Gasteiger partial charge in [-0.2, -0.15) is 0 Å². The maximum Gasteiger partial charge on any atom is 0.239 e. The minimum atomic E-state index is -0.224. The van der Waals surface area contributed by atoms with E-state index in [2.05, 4.69) is 5.32 Å².